The van der Waals surface area contributed by atoms with E-state index in [1.165, 1.54) is 7.11 Å². The molecule has 1 saturated carbocycles. The minimum atomic E-state index is -0.702. The number of urea groups is 1. The number of methoxy groups -OCH3 is 1. The van der Waals surface area contributed by atoms with Crippen LogP contribution in [0, 0.1) is 17.6 Å². The van der Waals surface area contributed by atoms with Gasteiger partial charge in [-0.2, -0.15) is 0 Å². The number of rotatable bonds is 2. The van der Waals surface area contributed by atoms with E-state index in [9.17, 15) is 13.6 Å². The second-order valence-electron chi connectivity index (χ2n) is 5.99. The molecule has 0 unspecified atom stereocenters. The fourth-order valence-corrected chi connectivity index (χ4v) is 3.67. The molecule has 2 fully saturated rings. The van der Waals surface area contributed by atoms with Crippen molar-refractivity contribution in [3.05, 3.63) is 23.8 Å². The summed E-state index contributed by atoms with van der Waals surface area (Å²) < 4.78 is 32.3. The van der Waals surface area contributed by atoms with E-state index in [0.717, 1.165) is 44.2 Å². The van der Waals surface area contributed by atoms with Gasteiger partial charge in [-0.25, -0.2) is 13.6 Å². The van der Waals surface area contributed by atoms with Gasteiger partial charge in [-0.15, -0.1) is 0 Å². The number of carbonyl (C=O) groups excluding carboxylic acids is 1. The predicted molar refractivity (Wildman–Crippen MR) is 79.0 cm³/mol. The summed E-state index contributed by atoms with van der Waals surface area (Å²) in [5.41, 5.74) is -0.150. The van der Waals surface area contributed by atoms with Crippen LogP contribution in [-0.4, -0.2) is 30.6 Å². The van der Waals surface area contributed by atoms with Crippen LogP contribution in [0.5, 0.6) is 5.75 Å². The maximum Gasteiger partial charge on any atom is 0.322 e. The van der Waals surface area contributed by atoms with Gasteiger partial charge in [-0.3, -0.25) is 0 Å². The third kappa shape index (κ3) is 2.74. The molecule has 1 aromatic carbocycles. The molecular formula is C16H20F2N2O2. The Morgan fingerprint density at radius 1 is 1.23 bits per heavy atom. The summed E-state index contributed by atoms with van der Waals surface area (Å²) in [5, 5.41) is 2.50. The Morgan fingerprint density at radius 3 is 2.77 bits per heavy atom. The van der Waals surface area contributed by atoms with Crippen LogP contribution in [0.4, 0.5) is 19.3 Å². The number of anilines is 1. The first kappa shape index (κ1) is 15.1. The molecular weight excluding hydrogens is 290 g/mol. The van der Waals surface area contributed by atoms with Crippen molar-refractivity contribution in [2.45, 2.75) is 38.1 Å². The molecule has 120 valence electrons. The first-order valence-corrected chi connectivity index (χ1v) is 7.71. The van der Waals surface area contributed by atoms with Gasteiger partial charge in [0.05, 0.1) is 12.8 Å². The lowest BCUT2D eigenvalue weighted by Gasteiger charge is -2.37. The first-order chi connectivity index (χ1) is 10.6. The highest BCUT2D eigenvalue weighted by molar-refractivity contribution is 5.90. The number of ether oxygens (including phenoxy) is 1. The van der Waals surface area contributed by atoms with Gasteiger partial charge >= 0.3 is 6.03 Å². The number of likely N-dealkylation sites (tertiary alicyclic amines) is 1. The Kier molecular flexibility index (Phi) is 4.18. The summed E-state index contributed by atoms with van der Waals surface area (Å²) in [7, 11) is 1.27. The highest BCUT2D eigenvalue weighted by atomic mass is 19.1. The van der Waals surface area contributed by atoms with Gasteiger partial charge in [0, 0.05) is 24.7 Å². The molecule has 1 aliphatic heterocycles. The van der Waals surface area contributed by atoms with E-state index >= 15 is 0 Å². The van der Waals surface area contributed by atoms with E-state index in [-0.39, 0.29) is 23.5 Å². The predicted octanol–water partition coefficient (Wildman–Crippen LogP) is 3.77. The lowest BCUT2D eigenvalue weighted by Crippen LogP contribution is -2.48. The van der Waals surface area contributed by atoms with E-state index in [4.69, 9.17) is 4.74 Å². The van der Waals surface area contributed by atoms with Crippen LogP contribution in [0.15, 0.2) is 12.1 Å². The standard InChI is InChI=1S/C16H20F2N2O2/c1-22-15-9-11(17)13(8-12(15)18)19-16(21)20-7-3-5-10-4-2-6-14(10)20/h8-10,14H,2-7H2,1H3,(H,19,21)/t10-,14-/m0/s1. The quantitative estimate of drug-likeness (QED) is 0.903. The van der Waals surface area contributed by atoms with Gasteiger partial charge in [0.25, 0.3) is 0 Å². The van der Waals surface area contributed by atoms with Gasteiger partial charge < -0.3 is 15.0 Å². The summed E-state index contributed by atoms with van der Waals surface area (Å²) in [6.07, 6.45) is 5.40. The Balaban J connectivity index is 1.75. The zero-order valence-electron chi connectivity index (χ0n) is 12.6. The van der Waals surface area contributed by atoms with Crippen molar-refractivity contribution in [2.75, 3.05) is 19.0 Å². The zero-order valence-corrected chi connectivity index (χ0v) is 12.6. The summed E-state index contributed by atoms with van der Waals surface area (Å²) in [4.78, 5) is 14.2. The number of hydrogen-bond donors (Lipinski definition) is 1. The van der Waals surface area contributed by atoms with E-state index in [0.29, 0.717) is 12.5 Å². The molecule has 2 aliphatic rings. The van der Waals surface area contributed by atoms with Crippen molar-refractivity contribution in [1.29, 1.82) is 0 Å². The maximum absolute atomic E-state index is 13.9. The van der Waals surface area contributed by atoms with Crippen molar-refractivity contribution in [3.63, 3.8) is 0 Å². The van der Waals surface area contributed by atoms with Crippen molar-refractivity contribution in [1.82, 2.24) is 4.90 Å². The number of amides is 2. The van der Waals surface area contributed by atoms with Crippen LogP contribution in [0.2, 0.25) is 0 Å². The minimum Gasteiger partial charge on any atom is -0.494 e. The van der Waals surface area contributed by atoms with Gasteiger partial charge in [0.15, 0.2) is 17.4 Å². The second-order valence-corrected chi connectivity index (χ2v) is 5.99. The number of piperidine rings is 1. The van der Waals surface area contributed by atoms with Gasteiger partial charge in [-0.05, 0) is 31.6 Å². The molecule has 1 aliphatic carbocycles. The second kappa shape index (κ2) is 6.10. The molecule has 3 rings (SSSR count). The number of nitrogens with one attached hydrogen (secondary N) is 1. The van der Waals surface area contributed by atoms with E-state index in [1.807, 2.05) is 0 Å². The largest absolute Gasteiger partial charge is 0.494 e. The van der Waals surface area contributed by atoms with Crippen LogP contribution in [0.25, 0.3) is 0 Å². The molecule has 1 saturated heterocycles. The third-order valence-corrected chi connectivity index (χ3v) is 4.74. The molecule has 6 heteroatoms. The fourth-order valence-electron chi connectivity index (χ4n) is 3.67. The highest BCUT2D eigenvalue weighted by Gasteiger charge is 2.37. The highest BCUT2D eigenvalue weighted by Crippen LogP contribution is 2.37. The number of nitrogens with zero attached hydrogens (tertiary/aromatic N) is 1. The number of carbonyl (C=O) groups is 1. The van der Waals surface area contributed by atoms with Gasteiger partial charge in [0.2, 0.25) is 0 Å². The summed E-state index contributed by atoms with van der Waals surface area (Å²) in [5.74, 6) is -1.02. The molecule has 1 heterocycles. The van der Waals surface area contributed by atoms with Crippen molar-refractivity contribution >= 4 is 11.7 Å². The SMILES string of the molecule is COc1cc(F)c(NC(=O)N2CCC[C@@H]3CCC[C@@H]32)cc1F. The third-order valence-electron chi connectivity index (χ3n) is 4.74. The molecule has 1 aromatic rings. The Hall–Kier alpha value is -1.85. The summed E-state index contributed by atoms with van der Waals surface area (Å²) >= 11 is 0. The molecule has 2 atom stereocenters. The zero-order chi connectivity index (χ0) is 15.7. The normalized spacial score (nSPS) is 24.0. The fraction of sp³-hybridized carbons (Fsp3) is 0.562. The smallest absolute Gasteiger partial charge is 0.322 e. The van der Waals surface area contributed by atoms with Crippen molar-refractivity contribution in [3.8, 4) is 5.75 Å². The van der Waals surface area contributed by atoms with Gasteiger partial charge in [-0.1, -0.05) is 6.42 Å². The number of hydrogen-bond acceptors (Lipinski definition) is 2. The van der Waals surface area contributed by atoms with Crippen LogP contribution in [0.3, 0.4) is 0 Å². The molecule has 0 spiro atoms. The molecule has 4 nitrogen and oxygen atoms in total. The lowest BCUT2D eigenvalue weighted by atomic mass is 9.92. The first-order valence-electron chi connectivity index (χ1n) is 7.71. The molecule has 0 bridgehead atoms. The number of fused-ring (bicyclic) bond motifs is 1. The van der Waals surface area contributed by atoms with Crippen molar-refractivity contribution < 1.29 is 18.3 Å². The van der Waals surface area contributed by atoms with Crippen LogP contribution in [0.1, 0.15) is 32.1 Å². The topological polar surface area (TPSA) is 41.6 Å². The van der Waals surface area contributed by atoms with E-state index in [1.54, 1.807) is 4.90 Å². The molecule has 2 amide bonds. The molecule has 0 radical (unpaired) electrons. The summed E-state index contributed by atoms with van der Waals surface area (Å²) in [6, 6.07) is 1.79. The number of halogens is 2. The van der Waals surface area contributed by atoms with Crippen LogP contribution >= 0.6 is 0 Å². The Labute approximate surface area is 128 Å². The maximum atomic E-state index is 13.9. The Morgan fingerprint density at radius 2 is 2.00 bits per heavy atom. The van der Waals surface area contributed by atoms with E-state index in [2.05, 4.69) is 5.32 Å². The monoisotopic (exact) mass is 310 g/mol. The van der Waals surface area contributed by atoms with E-state index < -0.39 is 11.6 Å². The van der Waals surface area contributed by atoms with Crippen molar-refractivity contribution in [2.24, 2.45) is 5.92 Å². The van der Waals surface area contributed by atoms with Crippen LogP contribution in [-0.2, 0) is 0 Å². The molecule has 1 N–H and O–H groups in total. The van der Waals surface area contributed by atoms with Crippen LogP contribution < -0.4 is 10.1 Å². The average Bonchev–Trinajstić information content (AvgIpc) is 2.98. The summed E-state index contributed by atoms with van der Waals surface area (Å²) in [6.45, 7) is 0.674. The average molecular weight is 310 g/mol. The molecule has 22 heavy (non-hydrogen) atoms. The lowest BCUT2D eigenvalue weighted by molar-refractivity contribution is 0.138. The van der Waals surface area contributed by atoms with Gasteiger partial charge in [0.1, 0.15) is 0 Å². The number of benzene rings is 1. The Bertz CT molecular complexity index is 580. The minimum absolute atomic E-state index is 0.150. The molecule has 0 aromatic heterocycles.